The van der Waals surface area contributed by atoms with E-state index in [2.05, 4.69) is 15.2 Å². The van der Waals surface area contributed by atoms with Crippen molar-refractivity contribution < 1.29 is 0 Å². The van der Waals surface area contributed by atoms with Crippen molar-refractivity contribution in [3.8, 4) is 0 Å². The zero-order chi connectivity index (χ0) is 10.6. The van der Waals surface area contributed by atoms with Crippen LogP contribution in [-0.2, 0) is 0 Å². The number of diazo groups is 1. The largest absolute Gasteiger partial charge is 0.412 e. The van der Waals surface area contributed by atoms with Crippen molar-refractivity contribution in [2.45, 2.75) is 26.3 Å². The first kappa shape index (κ1) is 10.3. The van der Waals surface area contributed by atoms with Gasteiger partial charge in [-0.2, -0.15) is 5.11 Å². The molecule has 0 heterocycles. The Morgan fingerprint density at radius 3 is 2.43 bits per heavy atom. The van der Waals surface area contributed by atoms with Crippen LogP contribution in [0.3, 0.4) is 0 Å². The third-order valence-electron chi connectivity index (χ3n) is 1.45. The van der Waals surface area contributed by atoms with E-state index in [-0.39, 0.29) is 5.54 Å². The van der Waals surface area contributed by atoms with E-state index >= 15 is 0 Å². The maximum atomic E-state index is 8.67. The van der Waals surface area contributed by atoms with Gasteiger partial charge < -0.3 is 0 Å². The topological polar surface area (TPSA) is 52.9 Å². The van der Waals surface area contributed by atoms with E-state index < -0.39 is 0 Å². The van der Waals surface area contributed by atoms with Gasteiger partial charge in [-0.1, -0.05) is 12.1 Å². The van der Waals surface area contributed by atoms with Crippen LogP contribution in [0.4, 0.5) is 11.4 Å². The Labute approximate surface area is 83.3 Å². The Hall–Kier alpha value is -1.76. The maximum Gasteiger partial charge on any atom is 0.412 e. The SMILES string of the molecule is CC(C)(C)N=Nc1ccccc1[N+]#N. The fraction of sp³-hybridized carbons (Fsp3) is 0.400. The number of benzene rings is 1. The number of nitrogens with zero attached hydrogens (tertiary/aromatic N) is 4. The molecule has 1 aromatic carbocycles. The molecule has 1 rings (SSSR count). The Morgan fingerprint density at radius 2 is 1.86 bits per heavy atom. The normalized spacial score (nSPS) is 11.6. The molecule has 0 unspecified atom stereocenters. The highest BCUT2D eigenvalue weighted by Gasteiger charge is 2.13. The van der Waals surface area contributed by atoms with Crippen molar-refractivity contribution in [1.82, 2.24) is 0 Å². The van der Waals surface area contributed by atoms with Crippen molar-refractivity contribution >= 4 is 11.4 Å². The van der Waals surface area contributed by atoms with Crippen molar-refractivity contribution in [1.29, 1.82) is 5.39 Å². The van der Waals surface area contributed by atoms with Gasteiger partial charge >= 0.3 is 5.69 Å². The fourth-order valence-corrected chi connectivity index (χ4v) is 0.837. The van der Waals surface area contributed by atoms with E-state index in [1.165, 1.54) is 0 Å². The van der Waals surface area contributed by atoms with Crippen LogP contribution >= 0.6 is 0 Å². The van der Waals surface area contributed by atoms with Crippen LogP contribution in [0.5, 0.6) is 0 Å². The van der Waals surface area contributed by atoms with Crippen LogP contribution in [0.15, 0.2) is 34.5 Å². The average molecular weight is 189 g/mol. The van der Waals surface area contributed by atoms with E-state index in [0.717, 1.165) is 0 Å². The molecule has 0 aliphatic rings. The van der Waals surface area contributed by atoms with Gasteiger partial charge in [0.25, 0.3) is 0 Å². The van der Waals surface area contributed by atoms with Gasteiger partial charge in [-0.05, 0) is 26.8 Å². The summed E-state index contributed by atoms with van der Waals surface area (Å²) in [6.07, 6.45) is 0. The summed E-state index contributed by atoms with van der Waals surface area (Å²) in [7, 11) is 0. The molecule has 4 heteroatoms. The monoisotopic (exact) mass is 189 g/mol. The van der Waals surface area contributed by atoms with E-state index in [9.17, 15) is 0 Å². The molecule has 0 spiro atoms. The van der Waals surface area contributed by atoms with Crippen LogP contribution in [-0.4, -0.2) is 5.54 Å². The molecule has 0 radical (unpaired) electrons. The van der Waals surface area contributed by atoms with Crippen molar-refractivity contribution in [3.63, 3.8) is 0 Å². The van der Waals surface area contributed by atoms with Gasteiger partial charge in [-0.25, -0.2) is 0 Å². The third kappa shape index (κ3) is 2.94. The summed E-state index contributed by atoms with van der Waals surface area (Å²) < 4.78 is 0. The molecule has 0 atom stereocenters. The minimum absolute atomic E-state index is 0.220. The zero-order valence-electron chi connectivity index (χ0n) is 8.60. The molecule has 0 N–H and O–H groups in total. The first-order valence-electron chi connectivity index (χ1n) is 4.40. The molecule has 4 nitrogen and oxygen atoms in total. The smallest absolute Gasteiger partial charge is 0.183 e. The number of rotatable bonds is 1. The summed E-state index contributed by atoms with van der Waals surface area (Å²) in [5.74, 6) is 0. The maximum absolute atomic E-state index is 8.67. The van der Waals surface area contributed by atoms with Crippen LogP contribution in [0.2, 0.25) is 0 Å². The lowest BCUT2D eigenvalue weighted by molar-refractivity contribution is 0.552. The molecule has 1 aromatic rings. The molecule has 0 saturated heterocycles. The average Bonchev–Trinajstić information content (AvgIpc) is 2.14. The standard InChI is InChI=1S/C10H13N4/c1-10(2,3)14-13-9-7-5-4-6-8(9)12-11/h4-7H,1-3H3/q+1. The Bertz CT molecular complexity index is 382. The van der Waals surface area contributed by atoms with Crippen LogP contribution in [0.1, 0.15) is 20.8 Å². The van der Waals surface area contributed by atoms with Gasteiger partial charge in [-0.3, -0.25) is 0 Å². The Balaban J connectivity index is 2.99. The van der Waals surface area contributed by atoms with Gasteiger partial charge in [0, 0.05) is 6.07 Å². The van der Waals surface area contributed by atoms with Gasteiger partial charge in [0.05, 0.1) is 5.54 Å². The molecule has 0 amide bonds. The first-order valence-corrected chi connectivity index (χ1v) is 4.40. The zero-order valence-corrected chi connectivity index (χ0v) is 8.60. The van der Waals surface area contributed by atoms with Crippen LogP contribution < -0.4 is 0 Å². The van der Waals surface area contributed by atoms with Crippen molar-refractivity contribution in [3.05, 3.63) is 29.2 Å². The highest BCUT2D eigenvalue weighted by molar-refractivity contribution is 5.64. The van der Waals surface area contributed by atoms with Crippen molar-refractivity contribution in [2.24, 2.45) is 10.2 Å². The van der Waals surface area contributed by atoms with Crippen molar-refractivity contribution in [2.75, 3.05) is 0 Å². The highest BCUT2D eigenvalue weighted by atomic mass is 15.1. The number of hydrogen-bond donors (Lipinski definition) is 0. The summed E-state index contributed by atoms with van der Waals surface area (Å²) in [6.45, 7) is 5.86. The second kappa shape index (κ2) is 3.97. The fourth-order valence-electron chi connectivity index (χ4n) is 0.837. The van der Waals surface area contributed by atoms with Crippen LogP contribution in [0, 0.1) is 5.39 Å². The molecular formula is C10H13N4+. The summed E-state index contributed by atoms with van der Waals surface area (Å²) in [5.41, 5.74) is 0.785. The molecule has 0 aromatic heterocycles. The van der Waals surface area contributed by atoms with E-state index in [1.54, 1.807) is 18.2 Å². The minimum atomic E-state index is -0.220. The predicted octanol–water partition coefficient (Wildman–Crippen LogP) is 4.05. The highest BCUT2D eigenvalue weighted by Crippen LogP contribution is 2.28. The number of azo groups is 1. The van der Waals surface area contributed by atoms with E-state index in [1.807, 2.05) is 26.8 Å². The summed E-state index contributed by atoms with van der Waals surface area (Å²) in [6, 6.07) is 7.04. The van der Waals surface area contributed by atoms with Gasteiger partial charge in [0.2, 0.25) is 5.39 Å². The lowest BCUT2D eigenvalue weighted by Crippen LogP contribution is -2.07. The van der Waals surface area contributed by atoms with E-state index in [4.69, 9.17) is 5.39 Å². The second-order valence-electron chi connectivity index (χ2n) is 3.96. The Morgan fingerprint density at radius 1 is 1.21 bits per heavy atom. The lowest BCUT2D eigenvalue weighted by atomic mass is 10.1. The quantitative estimate of drug-likeness (QED) is 0.485. The van der Waals surface area contributed by atoms with E-state index in [0.29, 0.717) is 11.4 Å². The molecule has 0 fully saturated rings. The summed E-state index contributed by atoms with van der Waals surface area (Å²) in [4.78, 5) is 3.12. The summed E-state index contributed by atoms with van der Waals surface area (Å²) >= 11 is 0. The Kier molecular flexibility index (Phi) is 2.92. The number of hydrogen-bond acceptors (Lipinski definition) is 3. The first-order chi connectivity index (χ1) is 6.53. The molecular weight excluding hydrogens is 176 g/mol. The lowest BCUT2D eigenvalue weighted by Gasteiger charge is -2.07. The molecule has 0 saturated carbocycles. The minimum Gasteiger partial charge on any atom is -0.183 e. The second-order valence-corrected chi connectivity index (χ2v) is 3.96. The third-order valence-corrected chi connectivity index (χ3v) is 1.45. The predicted molar refractivity (Wildman–Crippen MR) is 55.5 cm³/mol. The molecule has 72 valence electrons. The summed E-state index contributed by atoms with van der Waals surface area (Å²) in [5, 5.41) is 16.8. The molecule has 14 heavy (non-hydrogen) atoms. The van der Waals surface area contributed by atoms with Gasteiger partial charge in [-0.15, -0.1) is 5.11 Å². The van der Waals surface area contributed by atoms with Crippen LogP contribution in [0.25, 0.3) is 4.98 Å². The molecule has 0 aliphatic heterocycles. The molecule has 0 aliphatic carbocycles. The van der Waals surface area contributed by atoms with Gasteiger partial charge in [0.1, 0.15) is 0 Å². The van der Waals surface area contributed by atoms with Gasteiger partial charge in [0.15, 0.2) is 10.7 Å². The molecule has 0 bridgehead atoms.